The first kappa shape index (κ1) is 17.4. The molecule has 0 atom stereocenters. The van der Waals surface area contributed by atoms with Crippen molar-refractivity contribution in [3.05, 3.63) is 34.0 Å². The van der Waals surface area contributed by atoms with Crippen molar-refractivity contribution in [1.29, 1.82) is 0 Å². The molecular formula is C14H25BrN2O. The number of allylic oxidation sites excluding steroid dienone is 2. The monoisotopic (exact) mass is 316 g/mol. The van der Waals surface area contributed by atoms with Gasteiger partial charge >= 0.3 is 0 Å². The molecule has 0 spiro atoms. The van der Waals surface area contributed by atoms with Crippen molar-refractivity contribution in [2.45, 2.75) is 27.2 Å². The molecule has 0 aromatic heterocycles. The second-order valence-corrected chi connectivity index (χ2v) is 4.99. The number of rotatable bonds is 9. The van der Waals surface area contributed by atoms with Crippen molar-refractivity contribution >= 4 is 15.9 Å². The molecule has 0 aromatic carbocycles. The molecule has 0 aliphatic heterocycles. The minimum Gasteiger partial charge on any atom is -0.402 e. The number of hydrogen-bond acceptors (Lipinski definition) is 3. The number of halogens is 1. The zero-order valence-corrected chi connectivity index (χ0v) is 13.2. The molecule has 0 saturated heterocycles. The van der Waals surface area contributed by atoms with E-state index in [1.54, 1.807) is 0 Å². The summed E-state index contributed by atoms with van der Waals surface area (Å²) >= 11 is 3.43. The maximum Gasteiger partial charge on any atom is 0.0650 e. The molecule has 4 heteroatoms. The van der Waals surface area contributed by atoms with E-state index in [1.165, 1.54) is 5.57 Å². The maximum atomic E-state index is 5.66. The Morgan fingerprint density at radius 1 is 1.39 bits per heavy atom. The van der Waals surface area contributed by atoms with Crippen LogP contribution in [-0.4, -0.2) is 26.3 Å². The average Bonchev–Trinajstić information content (AvgIpc) is 2.36. The van der Waals surface area contributed by atoms with Crippen LogP contribution < -0.4 is 11.1 Å². The fraction of sp³-hybridized carbons (Fsp3) is 0.571. The minimum absolute atomic E-state index is 0.677. The Labute approximate surface area is 119 Å². The fourth-order valence-corrected chi connectivity index (χ4v) is 1.41. The van der Waals surface area contributed by atoms with Gasteiger partial charge in [0.05, 0.1) is 6.61 Å². The van der Waals surface area contributed by atoms with E-state index in [4.69, 9.17) is 10.5 Å². The van der Waals surface area contributed by atoms with Crippen molar-refractivity contribution in [3.63, 3.8) is 0 Å². The molecule has 0 radical (unpaired) electrons. The standard InChI is InChI=1S/C14H25BrN2O/c1-4-8-18-9-6-7-13(5-2)10-17-11-14(15)12(3)16/h5-7,17H,4,8-11,16H2,1-3H3/b7-6-,13-5+,14-12-. The molecule has 0 rings (SSSR count). The van der Waals surface area contributed by atoms with Gasteiger partial charge in [-0.15, -0.1) is 0 Å². The van der Waals surface area contributed by atoms with Crippen LogP contribution in [0.1, 0.15) is 27.2 Å². The maximum absolute atomic E-state index is 5.66. The molecule has 0 unspecified atom stereocenters. The molecule has 0 aliphatic carbocycles. The summed E-state index contributed by atoms with van der Waals surface area (Å²) in [5, 5.41) is 3.32. The topological polar surface area (TPSA) is 47.3 Å². The summed E-state index contributed by atoms with van der Waals surface area (Å²) in [6, 6.07) is 0. The van der Waals surface area contributed by atoms with Gasteiger partial charge in [-0.3, -0.25) is 0 Å². The summed E-state index contributed by atoms with van der Waals surface area (Å²) in [4.78, 5) is 0. The number of nitrogens with two attached hydrogens (primary N) is 1. The van der Waals surface area contributed by atoms with Crippen LogP contribution in [0.2, 0.25) is 0 Å². The predicted molar refractivity (Wildman–Crippen MR) is 82.7 cm³/mol. The number of nitrogens with one attached hydrogen (secondary N) is 1. The summed E-state index contributed by atoms with van der Waals surface area (Å²) in [5.74, 6) is 0. The molecule has 0 saturated carbocycles. The van der Waals surface area contributed by atoms with Crippen molar-refractivity contribution in [3.8, 4) is 0 Å². The van der Waals surface area contributed by atoms with E-state index >= 15 is 0 Å². The molecule has 0 aromatic rings. The average molecular weight is 317 g/mol. The van der Waals surface area contributed by atoms with E-state index in [2.05, 4.69) is 40.3 Å². The lowest BCUT2D eigenvalue weighted by molar-refractivity contribution is 0.163. The first-order chi connectivity index (χ1) is 8.61. The van der Waals surface area contributed by atoms with Crippen LogP contribution in [0.25, 0.3) is 0 Å². The summed E-state index contributed by atoms with van der Waals surface area (Å²) in [6.45, 7) is 9.09. The van der Waals surface area contributed by atoms with Gasteiger partial charge in [-0.05, 0) is 25.8 Å². The Morgan fingerprint density at radius 2 is 2.11 bits per heavy atom. The Bertz CT molecular complexity index is 305. The Hall–Kier alpha value is -0.580. The first-order valence-corrected chi connectivity index (χ1v) is 7.12. The second kappa shape index (κ2) is 11.5. The van der Waals surface area contributed by atoms with E-state index in [0.717, 1.165) is 36.3 Å². The van der Waals surface area contributed by atoms with Crippen molar-refractivity contribution in [2.24, 2.45) is 5.73 Å². The van der Waals surface area contributed by atoms with E-state index in [1.807, 2.05) is 19.9 Å². The summed E-state index contributed by atoms with van der Waals surface area (Å²) < 4.78 is 6.39. The van der Waals surface area contributed by atoms with Gasteiger partial charge in [-0.25, -0.2) is 0 Å². The summed E-state index contributed by atoms with van der Waals surface area (Å²) in [6.07, 6.45) is 7.29. The highest BCUT2D eigenvalue weighted by atomic mass is 79.9. The molecule has 18 heavy (non-hydrogen) atoms. The largest absolute Gasteiger partial charge is 0.402 e. The normalized spacial score (nSPS) is 14.1. The Morgan fingerprint density at radius 3 is 2.67 bits per heavy atom. The van der Waals surface area contributed by atoms with Crippen LogP contribution in [0, 0.1) is 0 Å². The molecule has 3 nitrogen and oxygen atoms in total. The van der Waals surface area contributed by atoms with Crippen LogP contribution in [0.5, 0.6) is 0 Å². The predicted octanol–water partition coefficient (Wildman–Crippen LogP) is 3.09. The molecule has 0 bridgehead atoms. The van der Waals surface area contributed by atoms with E-state index in [0.29, 0.717) is 6.61 Å². The van der Waals surface area contributed by atoms with Crippen molar-refractivity contribution < 1.29 is 4.74 Å². The van der Waals surface area contributed by atoms with Gasteiger partial charge in [0.25, 0.3) is 0 Å². The molecule has 104 valence electrons. The lowest BCUT2D eigenvalue weighted by Gasteiger charge is -2.06. The Kier molecular flexibility index (Phi) is 11.1. The summed E-state index contributed by atoms with van der Waals surface area (Å²) in [5.41, 5.74) is 7.71. The van der Waals surface area contributed by atoms with Crippen LogP contribution in [-0.2, 0) is 4.74 Å². The third kappa shape index (κ3) is 9.45. The fourth-order valence-electron chi connectivity index (χ4n) is 1.21. The lowest BCUT2D eigenvalue weighted by Crippen LogP contribution is -2.19. The van der Waals surface area contributed by atoms with Crippen LogP contribution in [0.3, 0.4) is 0 Å². The minimum atomic E-state index is 0.677. The highest BCUT2D eigenvalue weighted by molar-refractivity contribution is 9.11. The van der Waals surface area contributed by atoms with Crippen LogP contribution >= 0.6 is 15.9 Å². The van der Waals surface area contributed by atoms with Gasteiger partial charge in [0.15, 0.2) is 0 Å². The Balaban J connectivity index is 3.88. The van der Waals surface area contributed by atoms with E-state index < -0.39 is 0 Å². The molecule has 0 amide bonds. The van der Waals surface area contributed by atoms with E-state index in [9.17, 15) is 0 Å². The first-order valence-electron chi connectivity index (χ1n) is 6.32. The van der Waals surface area contributed by atoms with Gasteiger partial charge in [0, 0.05) is 29.9 Å². The molecule has 3 N–H and O–H groups in total. The SMILES string of the molecule is C/C=C(\C=C/COCCC)CNC/C(Br)=C(\C)N. The second-order valence-electron chi connectivity index (χ2n) is 4.03. The van der Waals surface area contributed by atoms with Crippen LogP contribution in [0.15, 0.2) is 34.0 Å². The third-order valence-corrected chi connectivity index (χ3v) is 3.21. The lowest BCUT2D eigenvalue weighted by atomic mass is 10.2. The highest BCUT2D eigenvalue weighted by Crippen LogP contribution is 2.06. The summed E-state index contributed by atoms with van der Waals surface area (Å²) in [7, 11) is 0. The zero-order chi connectivity index (χ0) is 13.8. The van der Waals surface area contributed by atoms with Gasteiger partial charge < -0.3 is 15.8 Å². The quantitative estimate of drug-likeness (QED) is 0.507. The highest BCUT2D eigenvalue weighted by Gasteiger charge is 1.96. The van der Waals surface area contributed by atoms with Gasteiger partial charge in [-0.1, -0.05) is 41.1 Å². The van der Waals surface area contributed by atoms with Gasteiger partial charge in [0.2, 0.25) is 0 Å². The molecule has 0 fully saturated rings. The van der Waals surface area contributed by atoms with Crippen molar-refractivity contribution in [1.82, 2.24) is 5.32 Å². The smallest absolute Gasteiger partial charge is 0.0650 e. The third-order valence-electron chi connectivity index (χ3n) is 2.30. The van der Waals surface area contributed by atoms with Gasteiger partial charge in [-0.2, -0.15) is 0 Å². The van der Waals surface area contributed by atoms with Crippen LogP contribution in [0.4, 0.5) is 0 Å². The number of ether oxygens (including phenoxy) is 1. The molecule has 0 aliphatic rings. The zero-order valence-electron chi connectivity index (χ0n) is 11.6. The molecular weight excluding hydrogens is 292 g/mol. The molecule has 0 heterocycles. The van der Waals surface area contributed by atoms with Crippen molar-refractivity contribution in [2.75, 3.05) is 26.3 Å². The van der Waals surface area contributed by atoms with Gasteiger partial charge in [0.1, 0.15) is 0 Å². The van der Waals surface area contributed by atoms with E-state index in [-0.39, 0.29) is 0 Å². The number of hydrogen-bond donors (Lipinski definition) is 2.